The quantitative estimate of drug-likeness (QED) is 0.573. The predicted molar refractivity (Wildman–Crippen MR) is 91.9 cm³/mol. The van der Waals surface area contributed by atoms with Gasteiger partial charge in [-0.15, -0.1) is 0 Å². The highest BCUT2D eigenvalue weighted by Crippen LogP contribution is 2.30. The molecule has 0 aliphatic rings. The van der Waals surface area contributed by atoms with Crippen molar-refractivity contribution in [2.75, 3.05) is 0 Å². The molecule has 23 heavy (non-hydrogen) atoms. The zero-order valence-corrected chi connectivity index (χ0v) is 13.3. The van der Waals surface area contributed by atoms with Crippen LogP contribution in [0.5, 0.6) is 0 Å². The summed E-state index contributed by atoms with van der Waals surface area (Å²) in [5.74, 6) is 1.21. The molecule has 0 N–H and O–H groups in total. The monoisotopic (exact) mass is 340 g/mol. The van der Waals surface area contributed by atoms with Gasteiger partial charge >= 0.3 is 0 Å². The summed E-state index contributed by atoms with van der Waals surface area (Å²) < 4.78 is 5.76. The summed E-state index contributed by atoms with van der Waals surface area (Å²) in [7, 11) is 0. The van der Waals surface area contributed by atoms with Crippen LogP contribution in [0.15, 0.2) is 59.1 Å². The molecule has 0 fully saturated rings. The number of aromatic nitrogens is 1. The average Bonchev–Trinajstić information content (AvgIpc) is 3.04. The fraction of sp³-hybridized carbons (Fsp3) is 0. The first-order valence-electron chi connectivity index (χ1n) is 6.76. The van der Waals surface area contributed by atoms with Gasteiger partial charge in [-0.1, -0.05) is 29.3 Å². The third-order valence-electron chi connectivity index (χ3n) is 3.18. The van der Waals surface area contributed by atoms with E-state index >= 15 is 0 Å². The molecule has 0 unspecified atom stereocenters. The molecule has 2 heterocycles. The van der Waals surface area contributed by atoms with Gasteiger partial charge in [-0.25, -0.2) is 0 Å². The van der Waals surface area contributed by atoms with Crippen molar-refractivity contribution in [2.24, 2.45) is 0 Å². The number of rotatable bonds is 3. The number of pyridine rings is 1. The molecule has 112 valence electrons. The molecule has 3 aromatic rings. The highest BCUT2D eigenvalue weighted by Gasteiger charge is 2.08. The van der Waals surface area contributed by atoms with Gasteiger partial charge in [0.2, 0.25) is 0 Å². The number of benzene rings is 1. The smallest absolute Gasteiger partial charge is 0.134 e. The molecule has 0 bridgehead atoms. The minimum atomic E-state index is 0.431. The predicted octanol–water partition coefficient (Wildman–Crippen LogP) is 5.71. The van der Waals surface area contributed by atoms with E-state index in [1.54, 1.807) is 42.6 Å². The molecule has 0 saturated carbocycles. The van der Waals surface area contributed by atoms with Crippen LogP contribution in [-0.2, 0) is 0 Å². The summed E-state index contributed by atoms with van der Waals surface area (Å²) in [4.78, 5) is 4.17. The van der Waals surface area contributed by atoms with Crippen molar-refractivity contribution in [3.8, 4) is 17.4 Å². The molecule has 2 aromatic heterocycles. The third kappa shape index (κ3) is 3.45. The van der Waals surface area contributed by atoms with Crippen LogP contribution in [0, 0.1) is 11.3 Å². The summed E-state index contributed by atoms with van der Waals surface area (Å²) in [5.41, 5.74) is 1.85. The van der Waals surface area contributed by atoms with E-state index in [1.807, 2.05) is 18.2 Å². The van der Waals surface area contributed by atoms with Crippen LogP contribution in [0.2, 0.25) is 10.0 Å². The van der Waals surface area contributed by atoms with Crippen molar-refractivity contribution in [2.45, 2.75) is 0 Å². The minimum Gasteiger partial charge on any atom is -0.457 e. The van der Waals surface area contributed by atoms with Crippen molar-refractivity contribution in [3.05, 3.63) is 76.2 Å². The molecule has 3 rings (SSSR count). The van der Waals surface area contributed by atoms with Crippen molar-refractivity contribution in [1.29, 1.82) is 5.26 Å². The van der Waals surface area contributed by atoms with Gasteiger partial charge in [0.25, 0.3) is 0 Å². The third-order valence-corrected chi connectivity index (χ3v) is 3.92. The number of hydrogen-bond acceptors (Lipinski definition) is 3. The molecule has 0 spiro atoms. The van der Waals surface area contributed by atoms with E-state index in [9.17, 15) is 5.26 Å². The molecule has 3 nitrogen and oxygen atoms in total. The fourth-order valence-electron chi connectivity index (χ4n) is 2.06. The van der Waals surface area contributed by atoms with Crippen LogP contribution in [0.3, 0.4) is 0 Å². The summed E-state index contributed by atoms with van der Waals surface area (Å²) in [6.45, 7) is 0. The molecule has 0 aliphatic heterocycles. The van der Waals surface area contributed by atoms with Gasteiger partial charge in [0.05, 0.1) is 21.3 Å². The van der Waals surface area contributed by atoms with Gasteiger partial charge in [-0.2, -0.15) is 5.26 Å². The second kappa shape index (κ2) is 6.70. The fourth-order valence-corrected chi connectivity index (χ4v) is 2.36. The molecule has 5 heteroatoms. The van der Waals surface area contributed by atoms with Crippen LogP contribution >= 0.6 is 23.2 Å². The topological polar surface area (TPSA) is 49.8 Å². The van der Waals surface area contributed by atoms with Gasteiger partial charge in [0.15, 0.2) is 0 Å². The highest BCUT2D eigenvalue weighted by molar-refractivity contribution is 6.42. The van der Waals surface area contributed by atoms with Crippen LogP contribution in [0.25, 0.3) is 23.0 Å². The number of hydrogen-bond donors (Lipinski definition) is 0. The highest BCUT2D eigenvalue weighted by atomic mass is 35.5. The Balaban J connectivity index is 1.94. The van der Waals surface area contributed by atoms with Crippen molar-refractivity contribution in [1.82, 2.24) is 4.98 Å². The van der Waals surface area contributed by atoms with E-state index in [4.69, 9.17) is 27.6 Å². The standard InChI is InChI=1S/C18H10Cl2N2O/c19-15-6-4-12(10-16(15)20)18-7-5-14(23-18)9-13(11-21)17-3-1-2-8-22-17/h1-10H/b13-9+. The first kappa shape index (κ1) is 15.4. The van der Waals surface area contributed by atoms with Crippen LogP contribution in [-0.4, -0.2) is 4.98 Å². The molecule has 0 aliphatic carbocycles. The van der Waals surface area contributed by atoms with E-state index in [2.05, 4.69) is 11.1 Å². The second-order valence-corrected chi connectivity index (χ2v) is 5.53. The number of furan rings is 1. The van der Waals surface area contributed by atoms with Crippen LogP contribution in [0.4, 0.5) is 0 Å². The number of allylic oxidation sites excluding steroid dienone is 1. The Bertz CT molecular complexity index is 908. The Labute approximate surface area is 143 Å². The summed E-state index contributed by atoms with van der Waals surface area (Å²) in [6.07, 6.45) is 3.30. The van der Waals surface area contributed by atoms with Gasteiger partial charge < -0.3 is 4.42 Å². The molecule has 0 atom stereocenters. The van der Waals surface area contributed by atoms with Crippen LogP contribution in [0.1, 0.15) is 11.5 Å². The van der Waals surface area contributed by atoms with E-state index < -0.39 is 0 Å². The normalized spacial score (nSPS) is 11.3. The van der Waals surface area contributed by atoms with Gasteiger partial charge in [0.1, 0.15) is 17.6 Å². The van der Waals surface area contributed by atoms with Crippen molar-refractivity contribution >= 4 is 34.9 Å². The van der Waals surface area contributed by atoms with Crippen molar-refractivity contribution < 1.29 is 4.42 Å². The van der Waals surface area contributed by atoms with Crippen LogP contribution < -0.4 is 0 Å². The van der Waals surface area contributed by atoms with Gasteiger partial charge in [-0.3, -0.25) is 4.98 Å². The largest absolute Gasteiger partial charge is 0.457 e. The van der Waals surface area contributed by atoms with Gasteiger partial charge in [0, 0.05) is 17.8 Å². The van der Waals surface area contributed by atoms with Gasteiger partial charge in [-0.05, 0) is 42.5 Å². The lowest BCUT2D eigenvalue weighted by Gasteiger charge is -2.00. The number of nitrogens with zero attached hydrogens (tertiary/aromatic N) is 2. The number of nitriles is 1. The van der Waals surface area contributed by atoms with E-state index in [0.717, 1.165) is 5.56 Å². The van der Waals surface area contributed by atoms with E-state index in [1.165, 1.54) is 0 Å². The minimum absolute atomic E-state index is 0.431. The van der Waals surface area contributed by atoms with E-state index in [0.29, 0.717) is 32.8 Å². The maximum atomic E-state index is 9.30. The lowest BCUT2D eigenvalue weighted by Crippen LogP contribution is -1.85. The molecular weight excluding hydrogens is 331 g/mol. The number of halogens is 2. The Hall–Kier alpha value is -2.54. The maximum Gasteiger partial charge on any atom is 0.134 e. The Morgan fingerprint density at radius 1 is 1.09 bits per heavy atom. The summed E-state index contributed by atoms with van der Waals surface area (Å²) in [5, 5.41) is 10.3. The summed E-state index contributed by atoms with van der Waals surface area (Å²) in [6, 6.07) is 16.4. The SMILES string of the molecule is N#C/C(=C\c1ccc(-c2ccc(Cl)c(Cl)c2)o1)c1ccccn1. The second-order valence-electron chi connectivity index (χ2n) is 4.72. The first-order chi connectivity index (χ1) is 11.2. The lowest BCUT2D eigenvalue weighted by molar-refractivity contribution is 0.572. The van der Waals surface area contributed by atoms with Crippen molar-refractivity contribution in [3.63, 3.8) is 0 Å². The molecule has 0 radical (unpaired) electrons. The average molecular weight is 341 g/mol. The van der Waals surface area contributed by atoms with E-state index in [-0.39, 0.29) is 0 Å². The Morgan fingerprint density at radius 2 is 1.96 bits per heavy atom. The Kier molecular flexibility index (Phi) is 4.47. The molecule has 1 aromatic carbocycles. The molecular formula is C18H10Cl2N2O. The first-order valence-corrected chi connectivity index (χ1v) is 7.51. The zero-order chi connectivity index (χ0) is 16.2. The lowest BCUT2D eigenvalue weighted by atomic mass is 10.1. The Morgan fingerprint density at radius 3 is 2.65 bits per heavy atom. The molecule has 0 amide bonds. The summed E-state index contributed by atoms with van der Waals surface area (Å²) >= 11 is 11.9. The maximum absolute atomic E-state index is 9.30. The zero-order valence-electron chi connectivity index (χ0n) is 11.8. The molecule has 0 saturated heterocycles.